The number of hydrogen-bond donors (Lipinski definition) is 2. The normalized spacial score (nSPS) is 19.4. The molecule has 1 aliphatic carbocycles. The summed E-state index contributed by atoms with van der Waals surface area (Å²) in [6.07, 6.45) is 9.47. The molecule has 1 aliphatic heterocycles. The number of aryl methyl sites for hydroxylation is 1. The lowest BCUT2D eigenvalue weighted by atomic mass is 9.92. The molecule has 2 heterocycles. The number of nitrogens with one attached hydrogen (secondary N) is 2. The van der Waals surface area contributed by atoms with E-state index in [1.54, 1.807) is 0 Å². The van der Waals surface area contributed by atoms with Crippen molar-refractivity contribution < 1.29 is 4.79 Å². The molecule has 7 heteroatoms. The lowest BCUT2D eigenvalue weighted by molar-refractivity contribution is -0.118. The molecule has 5 nitrogen and oxygen atoms in total. The van der Waals surface area contributed by atoms with Gasteiger partial charge in [0, 0.05) is 36.1 Å². The van der Waals surface area contributed by atoms with Gasteiger partial charge < -0.3 is 15.2 Å². The molecule has 2 aliphatic rings. The van der Waals surface area contributed by atoms with E-state index >= 15 is 0 Å². The summed E-state index contributed by atoms with van der Waals surface area (Å²) in [4.78, 5) is 17.2. The van der Waals surface area contributed by atoms with E-state index < -0.39 is 0 Å². The van der Waals surface area contributed by atoms with Gasteiger partial charge in [-0.05, 0) is 56.3 Å². The number of imidazole rings is 1. The Kier molecular flexibility index (Phi) is 7.93. The van der Waals surface area contributed by atoms with Crippen LogP contribution in [0.1, 0.15) is 39.0 Å². The number of benzene rings is 1. The molecule has 28 heavy (non-hydrogen) atoms. The van der Waals surface area contributed by atoms with Crippen LogP contribution in [0.3, 0.4) is 0 Å². The van der Waals surface area contributed by atoms with Gasteiger partial charge in [-0.25, -0.2) is 4.98 Å². The first kappa shape index (κ1) is 22.7. The molecular formula is C21H30Cl2N4O. The maximum atomic E-state index is 12.7. The first-order valence-electron chi connectivity index (χ1n) is 9.85. The van der Waals surface area contributed by atoms with Crippen molar-refractivity contribution in [3.8, 4) is 11.4 Å². The molecule has 154 valence electrons. The Hall–Kier alpha value is -1.56. The van der Waals surface area contributed by atoms with Crippen LogP contribution in [-0.2, 0) is 11.3 Å². The fraction of sp³-hybridized carbons (Fsp3) is 0.524. The Balaban J connectivity index is 0.00000140. The van der Waals surface area contributed by atoms with Gasteiger partial charge in [-0.1, -0.05) is 25.5 Å². The lowest BCUT2D eigenvalue weighted by Crippen LogP contribution is -2.31. The van der Waals surface area contributed by atoms with E-state index in [4.69, 9.17) is 0 Å². The molecule has 2 N–H and O–H groups in total. The molecule has 1 unspecified atom stereocenters. The van der Waals surface area contributed by atoms with Crippen molar-refractivity contribution in [2.24, 2.45) is 11.3 Å². The van der Waals surface area contributed by atoms with E-state index in [-0.39, 0.29) is 42.1 Å². The number of aromatic nitrogens is 2. The molecule has 1 atom stereocenters. The van der Waals surface area contributed by atoms with E-state index in [9.17, 15) is 4.79 Å². The highest BCUT2D eigenvalue weighted by atomic mass is 35.5. The van der Waals surface area contributed by atoms with Gasteiger partial charge >= 0.3 is 0 Å². The fourth-order valence-electron chi connectivity index (χ4n) is 4.24. The molecule has 1 aromatic heterocycles. The van der Waals surface area contributed by atoms with Crippen LogP contribution in [-0.4, -0.2) is 28.5 Å². The number of hydrogen-bond acceptors (Lipinski definition) is 3. The van der Waals surface area contributed by atoms with Crippen LogP contribution in [0, 0.1) is 11.3 Å². The predicted octanol–water partition coefficient (Wildman–Crippen LogP) is 4.52. The zero-order chi connectivity index (χ0) is 18.0. The Morgan fingerprint density at radius 3 is 2.86 bits per heavy atom. The third kappa shape index (κ3) is 4.70. The van der Waals surface area contributed by atoms with Gasteiger partial charge in [0.1, 0.15) is 5.82 Å². The van der Waals surface area contributed by atoms with Gasteiger partial charge in [-0.2, -0.15) is 0 Å². The minimum atomic E-state index is 0. The third-order valence-electron chi connectivity index (χ3n) is 5.96. The van der Waals surface area contributed by atoms with Crippen molar-refractivity contribution in [3.63, 3.8) is 0 Å². The topological polar surface area (TPSA) is 59.0 Å². The molecule has 1 aromatic carbocycles. The van der Waals surface area contributed by atoms with E-state index in [0.29, 0.717) is 0 Å². The SMILES string of the molecule is CCCCn1ccnc1-c1cccc(NC(=O)C2CC23CCNCC3)c1.Cl.Cl. The highest BCUT2D eigenvalue weighted by molar-refractivity contribution is 5.95. The second-order valence-corrected chi connectivity index (χ2v) is 7.74. The van der Waals surface area contributed by atoms with E-state index in [1.807, 2.05) is 30.6 Å². The molecule has 1 amide bonds. The molecule has 4 rings (SSSR count). The number of piperidine rings is 1. The van der Waals surface area contributed by atoms with Gasteiger partial charge in [-0.3, -0.25) is 4.79 Å². The van der Waals surface area contributed by atoms with Crippen molar-refractivity contribution in [1.29, 1.82) is 0 Å². The Morgan fingerprint density at radius 2 is 2.11 bits per heavy atom. The molecule has 2 fully saturated rings. The maximum absolute atomic E-state index is 12.7. The summed E-state index contributed by atoms with van der Waals surface area (Å²) in [6.45, 7) is 5.25. The number of halogens is 2. The first-order chi connectivity index (χ1) is 12.7. The van der Waals surface area contributed by atoms with Crippen molar-refractivity contribution in [1.82, 2.24) is 14.9 Å². The number of carbonyl (C=O) groups is 1. The summed E-state index contributed by atoms with van der Waals surface area (Å²) >= 11 is 0. The fourth-order valence-corrected chi connectivity index (χ4v) is 4.24. The summed E-state index contributed by atoms with van der Waals surface area (Å²) in [5.41, 5.74) is 2.19. The van der Waals surface area contributed by atoms with Crippen LogP contribution in [0.25, 0.3) is 11.4 Å². The van der Waals surface area contributed by atoms with Crippen molar-refractivity contribution in [3.05, 3.63) is 36.7 Å². The number of anilines is 1. The number of rotatable bonds is 6. The average molecular weight is 425 g/mol. The van der Waals surface area contributed by atoms with E-state index in [1.165, 1.54) is 0 Å². The first-order valence-corrected chi connectivity index (χ1v) is 9.85. The van der Waals surface area contributed by atoms with Gasteiger partial charge in [0.2, 0.25) is 5.91 Å². The van der Waals surface area contributed by atoms with Gasteiger partial charge in [-0.15, -0.1) is 24.8 Å². The van der Waals surface area contributed by atoms with Gasteiger partial charge in [0.05, 0.1) is 0 Å². The molecule has 0 radical (unpaired) electrons. The maximum Gasteiger partial charge on any atom is 0.228 e. The van der Waals surface area contributed by atoms with Crippen molar-refractivity contribution >= 4 is 36.4 Å². The Labute approximate surface area is 179 Å². The molecule has 1 spiro atoms. The summed E-state index contributed by atoms with van der Waals surface area (Å²) in [6, 6.07) is 8.07. The highest BCUT2D eigenvalue weighted by Gasteiger charge is 2.57. The number of nitrogens with zero attached hydrogens (tertiary/aromatic N) is 2. The molecule has 2 aromatic rings. The molecular weight excluding hydrogens is 395 g/mol. The zero-order valence-corrected chi connectivity index (χ0v) is 18.0. The second kappa shape index (κ2) is 9.77. The summed E-state index contributed by atoms with van der Waals surface area (Å²) < 4.78 is 2.19. The average Bonchev–Trinajstić information content (AvgIpc) is 3.14. The van der Waals surface area contributed by atoms with Crippen molar-refractivity contribution in [2.45, 2.75) is 45.6 Å². The van der Waals surface area contributed by atoms with Crippen LogP contribution in [0.2, 0.25) is 0 Å². The second-order valence-electron chi connectivity index (χ2n) is 7.74. The van der Waals surface area contributed by atoms with Crippen LogP contribution >= 0.6 is 24.8 Å². The predicted molar refractivity (Wildman–Crippen MR) is 118 cm³/mol. The zero-order valence-electron chi connectivity index (χ0n) is 16.3. The summed E-state index contributed by atoms with van der Waals surface area (Å²) in [5.74, 6) is 1.33. The monoisotopic (exact) mass is 424 g/mol. The third-order valence-corrected chi connectivity index (χ3v) is 5.96. The Morgan fingerprint density at radius 1 is 1.32 bits per heavy atom. The minimum absolute atomic E-state index is 0. The van der Waals surface area contributed by atoms with Crippen LogP contribution in [0.5, 0.6) is 0 Å². The molecule has 1 saturated heterocycles. The summed E-state index contributed by atoms with van der Waals surface area (Å²) in [5, 5.41) is 6.54. The van der Waals surface area contributed by atoms with Crippen LogP contribution < -0.4 is 10.6 Å². The van der Waals surface area contributed by atoms with Crippen molar-refractivity contribution in [2.75, 3.05) is 18.4 Å². The van der Waals surface area contributed by atoms with Gasteiger partial charge in [0.15, 0.2) is 0 Å². The standard InChI is InChI=1S/C21H28N4O.2ClH/c1-2-3-12-25-13-11-23-19(25)16-5-4-6-17(14-16)24-20(26)18-15-21(18)7-9-22-10-8-21;;/h4-6,11,13-14,18,22H,2-3,7-10,12,15H2,1H3,(H,24,26);2*1H. The smallest absolute Gasteiger partial charge is 0.228 e. The van der Waals surface area contributed by atoms with E-state index in [0.717, 1.165) is 68.8 Å². The molecule has 1 saturated carbocycles. The Bertz CT molecular complexity index is 786. The van der Waals surface area contributed by atoms with E-state index in [2.05, 4.69) is 33.2 Å². The largest absolute Gasteiger partial charge is 0.331 e. The number of unbranched alkanes of at least 4 members (excludes halogenated alkanes) is 1. The highest BCUT2D eigenvalue weighted by Crippen LogP contribution is 2.58. The van der Waals surface area contributed by atoms with Gasteiger partial charge in [0.25, 0.3) is 0 Å². The quantitative estimate of drug-likeness (QED) is 0.716. The van der Waals surface area contributed by atoms with Crippen LogP contribution in [0.4, 0.5) is 5.69 Å². The number of carbonyl (C=O) groups excluding carboxylic acids is 1. The minimum Gasteiger partial charge on any atom is -0.331 e. The van der Waals surface area contributed by atoms with Crippen LogP contribution in [0.15, 0.2) is 36.7 Å². The lowest BCUT2D eigenvalue weighted by Gasteiger charge is -2.23. The number of amides is 1. The molecule has 0 bridgehead atoms. The summed E-state index contributed by atoms with van der Waals surface area (Å²) in [7, 11) is 0.